The van der Waals surface area contributed by atoms with Crippen molar-refractivity contribution in [2.24, 2.45) is 11.7 Å². The minimum absolute atomic E-state index is 0.137. The monoisotopic (exact) mass is 296 g/mol. The van der Waals surface area contributed by atoms with E-state index in [4.69, 9.17) is 5.73 Å². The normalized spacial score (nSPS) is 36.7. The van der Waals surface area contributed by atoms with Crippen molar-refractivity contribution >= 4 is 11.9 Å². The number of amides is 1. The maximum absolute atomic E-state index is 13.0. The van der Waals surface area contributed by atoms with E-state index in [1.807, 2.05) is 6.92 Å². The van der Waals surface area contributed by atoms with Gasteiger partial charge in [-0.15, -0.1) is 0 Å². The minimum atomic E-state index is -1.03. The molecule has 1 heterocycles. The Kier molecular flexibility index (Phi) is 4.61. The molecule has 0 spiro atoms. The van der Waals surface area contributed by atoms with Gasteiger partial charge in [0.1, 0.15) is 5.54 Å². The van der Waals surface area contributed by atoms with Gasteiger partial charge in [0.15, 0.2) is 0 Å². The van der Waals surface area contributed by atoms with E-state index in [9.17, 15) is 14.7 Å². The first-order chi connectivity index (χ1) is 9.85. The lowest BCUT2D eigenvalue weighted by Gasteiger charge is -2.43. The Morgan fingerprint density at radius 3 is 2.62 bits per heavy atom. The molecular formula is C16H28N2O3. The molecule has 21 heavy (non-hydrogen) atoms. The number of hydrogen-bond acceptors (Lipinski definition) is 3. The summed E-state index contributed by atoms with van der Waals surface area (Å²) < 4.78 is 0. The summed E-state index contributed by atoms with van der Waals surface area (Å²) in [6.07, 6.45) is 5.97. The van der Waals surface area contributed by atoms with Gasteiger partial charge in [-0.2, -0.15) is 0 Å². The number of carbonyl (C=O) groups excluding carboxylic acids is 1. The van der Waals surface area contributed by atoms with E-state index in [0.717, 1.165) is 25.7 Å². The number of carbonyl (C=O) groups is 2. The summed E-state index contributed by atoms with van der Waals surface area (Å²) >= 11 is 0. The van der Waals surface area contributed by atoms with E-state index >= 15 is 0 Å². The van der Waals surface area contributed by atoms with Crippen LogP contribution < -0.4 is 5.73 Å². The second kappa shape index (κ2) is 5.95. The molecule has 2 aliphatic rings. The average molecular weight is 296 g/mol. The number of carboxylic acids is 1. The molecule has 5 heteroatoms. The molecule has 0 bridgehead atoms. The van der Waals surface area contributed by atoms with Crippen LogP contribution in [0.3, 0.4) is 0 Å². The van der Waals surface area contributed by atoms with Crippen LogP contribution in [0.2, 0.25) is 0 Å². The zero-order chi connectivity index (χ0) is 15.7. The Morgan fingerprint density at radius 2 is 2.05 bits per heavy atom. The van der Waals surface area contributed by atoms with Gasteiger partial charge in [-0.3, -0.25) is 4.79 Å². The highest BCUT2D eigenvalue weighted by Gasteiger charge is 2.53. The van der Waals surface area contributed by atoms with Crippen LogP contribution >= 0.6 is 0 Å². The third-order valence-electron chi connectivity index (χ3n) is 5.25. The third-order valence-corrected chi connectivity index (χ3v) is 5.25. The maximum atomic E-state index is 13.0. The number of carboxylic acid groups (broad SMARTS) is 1. The average Bonchev–Trinajstić information content (AvgIpc) is 2.83. The van der Waals surface area contributed by atoms with Crippen LogP contribution in [0.4, 0.5) is 0 Å². The Balaban J connectivity index is 2.26. The van der Waals surface area contributed by atoms with Gasteiger partial charge in [-0.25, -0.2) is 4.79 Å². The van der Waals surface area contributed by atoms with Crippen molar-refractivity contribution < 1.29 is 14.7 Å². The highest BCUT2D eigenvalue weighted by atomic mass is 16.4. The number of likely N-dealkylation sites (tertiary alicyclic amines) is 1. The van der Waals surface area contributed by atoms with E-state index in [1.54, 1.807) is 4.90 Å². The van der Waals surface area contributed by atoms with Crippen LogP contribution in [0.1, 0.15) is 65.2 Å². The zero-order valence-corrected chi connectivity index (χ0v) is 13.2. The summed E-state index contributed by atoms with van der Waals surface area (Å²) in [7, 11) is 0. The molecule has 2 rings (SSSR count). The quantitative estimate of drug-likeness (QED) is 0.832. The molecule has 0 radical (unpaired) electrons. The topological polar surface area (TPSA) is 83.6 Å². The van der Waals surface area contributed by atoms with Crippen LogP contribution in [-0.4, -0.2) is 39.5 Å². The first-order valence-electron chi connectivity index (χ1n) is 8.20. The van der Waals surface area contributed by atoms with Crippen LogP contribution in [0.25, 0.3) is 0 Å². The third kappa shape index (κ3) is 2.80. The zero-order valence-electron chi connectivity index (χ0n) is 13.2. The number of hydrogen-bond donors (Lipinski definition) is 2. The van der Waals surface area contributed by atoms with Gasteiger partial charge in [-0.1, -0.05) is 33.1 Å². The lowest BCUT2D eigenvalue weighted by Crippen LogP contribution is -2.63. The number of nitrogens with two attached hydrogens (primary N) is 1. The first-order valence-corrected chi connectivity index (χ1v) is 8.20. The van der Waals surface area contributed by atoms with Gasteiger partial charge >= 0.3 is 5.97 Å². The summed E-state index contributed by atoms with van der Waals surface area (Å²) in [4.78, 5) is 26.4. The number of rotatable bonds is 4. The van der Waals surface area contributed by atoms with Crippen molar-refractivity contribution in [2.75, 3.05) is 6.54 Å². The Hall–Kier alpha value is -1.10. The summed E-state index contributed by atoms with van der Waals surface area (Å²) in [5.74, 6) is -0.578. The van der Waals surface area contributed by atoms with Crippen molar-refractivity contribution in [3.63, 3.8) is 0 Å². The van der Waals surface area contributed by atoms with Crippen LogP contribution in [0.15, 0.2) is 0 Å². The molecule has 0 aromatic rings. The van der Waals surface area contributed by atoms with Crippen LogP contribution in [0.5, 0.6) is 0 Å². The first kappa shape index (κ1) is 16.3. The highest BCUT2D eigenvalue weighted by Crippen LogP contribution is 2.39. The smallest absolute Gasteiger partial charge is 0.329 e. The fraction of sp³-hybridized carbons (Fsp3) is 0.875. The molecule has 0 aromatic carbocycles. The largest absolute Gasteiger partial charge is 0.479 e. The van der Waals surface area contributed by atoms with Gasteiger partial charge in [0.2, 0.25) is 5.91 Å². The Labute approximate surface area is 126 Å². The van der Waals surface area contributed by atoms with Crippen molar-refractivity contribution in [3.05, 3.63) is 0 Å². The fourth-order valence-electron chi connectivity index (χ4n) is 4.23. The van der Waals surface area contributed by atoms with E-state index < -0.39 is 17.0 Å². The van der Waals surface area contributed by atoms with Crippen molar-refractivity contribution in [3.8, 4) is 0 Å². The SMILES string of the molecule is CCCC1(C(=O)O)CCCN1C(=O)C1(N)CCCC(C)C1. The minimum Gasteiger partial charge on any atom is -0.479 e. The molecule has 3 unspecified atom stereocenters. The van der Waals surface area contributed by atoms with Crippen molar-refractivity contribution in [2.45, 2.75) is 76.3 Å². The standard InChI is InChI=1S/C16H28N2O3/c1-3-7-16(14(20)21)9-5-10-18(16)13(19)15(17)8-4-6-12(2)11-15/h12H,3-11,17H2,1-2H3,(H,20,21). The predicted molar refractivity (Wildman–Crippen MR) is 80.8 cm³/mol. The molecular weight excluding hydrogens is 268 g/mol. The lowest BCUT2D eigenvalue weighted by molar-refractivity contribution is -0.160. The van der Waals surface area contributed by atoms with E-state index in [0.29, 0.717) is 38.1 Å². The van der Waals surface area contributed by atoms with Crippen molar-refractivity contribution in [1.29, 1.82) is 0 Å². The molecule has 1 saturated heterocycles. The predicted octanol–water partition coefficient (Wildman–Crippen LogP) is 2.14. The summed E-state index contributed by atoms with van der Waals surface area (Å²) in [6.45, 7) is 4.61. The van der Waals surface area contributed by atoms with Gasteiger partial charge < -0.3 is 15.7 Å². The van der Waals surface area contributed by atoms with E-state index in [2.05, 4.69) is 6.92 Å². The van der Waals surface area contributed by atoms with Gasteiger partial charge in [0, 0.05) is 6.54 Å². The lowest BCUT2D eigenvalue weighted by atomic mass is 9.75. The summed E-state index contributed by atoms with van der Waals surface area (Å²) in [5, 5.41) is 9.71. The molecule has 1 aliphatic heterocycles. The summed E-state index contributed by atoms with van der Waals surface area (Å²) in [6, 6.07) is 0. The molecule has 120 valence electrons. The van der Waals surface area contributed by atoms with E-state index in [1.165, 1.54) is 0 Å². The Morgan fingerprint density at radius 1 is 1.33 bits per heavy atom. The second-order valence-corrected chi connectivity index (χ2v) is 7.00. The van der Waals surface area contributed by atoms with Crippen molar-refractivity contribution in [1.82, 2.24) is 4.90 Å². The number of aliphatic carboxylic acids is 1. The van der Waals surface area contributed by atoms with Gasteiger partial charge in [0.05, 0.1) is 5.54 Å². The molecule has 2 fully saturated rings. The molecule has 1 amide bonds. The van der Waals surface area contributed by atoms with E-state index in [-0.39, 0.29) is 5.91 Å². The molecule has 1 aliphatic carbocycles. The molecule has 1 saturated carbocycles. The molecule has 5 nitrogen and oxygen atoms in total. The molecule has 3 atom stereocenters. The van der Waals surface area contributed by atoms with Gasteiger partial charge in [0.25, 0.3) is 0 Å². The van der Waals surface area contributed by atoms with Crippen LogP contribution in [0, 0.1) is 5.92 Å². The van der Waals surface area contributed by atoms with Crippen LogP contribution in [-0.2, 0) is 9.59 Å². The molecule has 0 aromatic heterocycles. The number of nitrogens with zero attached hydrogens (tertiary/aromatic N) is 1. The molecule has 3 N–H and O–H groups in total. The maximum Gasteiger partial charge on any atom is 0.329 e. The fourth-order valence-corrected chi connectivity index (χ4v) is 4.23. The highest BCUT2D eigenvalue weighted by molar-refractivity contribution is 5.92. The summed E-state index contributed by atoms with van der Waals surface area (Å²) in [5.41, 5.74) is 4.51. The van der Waals surface area contributed by atoms with Gasteiger partial charge in [-0.05, 0) is 38.0 Å². The Bertz CT molecular complexity index is 426. The second-order valence-electron chi connectivity index (χ2n) is 7.00.